The third-order valence-corrected chi connectivity index (χ3v) is 3.47. The number of fused-ring (bicyclic) bond motifs is 2. The van der Waals surface area contributed by atoms with Crippen LogP contribution in [0.1, 0.15) is 13.3 Å². The Morgan fingerprint density at radius 2 is 1.52 bits per heavy atom. The van der Waals surface area contributed by atoms with E-state index in [1.165, 1.54) is 0 Å². The highest BCUT2D eigenvalue weighted by Crippen LogP contribution is 2.25. The number of ether oxygens (including phenoxy) is 2. The largest absolute Gasteiger partial charge is 0.493 e. The summed E-state index contributed by atoms with van der Waals surface area (Å²) in [5, 5.41) is 1.07. The first-order chi connectivity index (χ1) is 11.2. The number of hydrogen-bond donors (Lipinski definition) is 1. The summed E-state index contributed by atoms with van der Waals surface area (Å²) in [5.41, 5.74) is 6.37. The zero-order chi connectivity index (χ0) is 16.2. The van der Waals surface area contributed by atoms with Crippen molar-refractivity contribution in [3.8, 4) is 11.5 Å². The lowest BCUT2D eigenvalue weighted by atomic mass is 10.1. The monoisotopic (exact) mass is 313 g/mol. The number of nitrogens with two attached hydrogens (primary N) is 1. The molecule has 0 amide bonds. The Morgan fingerprint density at radius 1 is 0.957 bits per heavy atom. The van der Waals surface area contributed by atoms with Crippen molar-refractivity contribution in [1.82, 2.24) is 0 Å². The zero-order valence-electron chi connectivity index (χ0n) is 13.0. The Bertz CT molecular complexity index is 816. The van der Waals surface area contributed by atoms with Gasteiger partial charge in [-0.1, -0.05) is 6.92 Å². The quantitative estimate of drug-likeness (QED) is 0.708. The van der Waals surface area contributed by atoms with E-state index >= 15 is 0 Å². The SMILES string of the molecule is CCCOc1ccc2c(=O)c3ccc(OCCN)cc3oc2c1. The summed E-state index contributed by atoms with van der Waals surface area (Å²) < 4.78 is 16.9. The summed E-state index contributed by atoms with van der Waals surface area (Å²) in [6.07, 6.45) is 0.918. The van der Waals surface area contributed by atoms with Crippen molar-refractivity contribution >= 4 is 21.9 Å². The molecule has 5 heteroatoms. The first-order valence-corrected chi connectivity index (χ1v) is 7.69. The van der Waals surface area contributed by atoms with Crippen LogP contribution in [0.15, 0.2) is 45.6 Å². The molecule has 120 valence electrons. The Kier molecular flexibility index (Phi) is 4.48. The van der Waals surface area contributed by atoms with Crippen LogP contribution in [0.25, 0.3) is 21.9 Å². The summed E-state index contributed by atoms with van der Waals surface area (Å²) in [4.78, 5) is 12.6. The molecule has 23 heavy (non-hydrogen) atoms. The molecule has 0 aliphatic rings. The predicted molar refractivity (Wildman–Crippen MR) is 90.3 cm³/mol. The summed E-state index contributed by atoms with van der Waals surface area (Å²) in [6, 6.07) is 10.5. The Balaban J connectivity index is 2.09. The molecule has 0 fully saturated rings. The van der Waals surface area contributed by atoms with Crippen molar-refractivity contribution in [2.75, 3.05) is 19.8 Å². The van der Waals surface area contributed by atoms with Gasteiger partial charge >= 0.3 is 0 Å². The van der Waals surface area contributed by atoms with Gasteiger partial charge < -0.3 is 19.6 Å². The minimum atomic E-state index is -0.0614. The fraction of sp³-hybridized carbons (Fsp3) is 0.278. The molecule has 3 rings (SSSR count). The Hall–Kier alpha value is -2.53. The molecule has 2 N–H and O–H groups in total. The van der Waals surface area contributed by atoms with Gasteiger partial charge in [0, 0.05) is 18.7 Å². The molecule has 3 aromatic rings. The van der Waals surface area contributed by atoms with Crippen LogP contribution < -0.4 is 20.6 Å². The molecule has 0 atom stereocenters. The smallest absolute Gasteiger partial charge is 0.200 e. The molecule has 0 radical (unpaired) electrons. The highest BCUT2D eigenvalue weighted by molar-refractivity contribution is 5.90. The third kappa shape index (κ3) is 3.14. The lowest BCUT2D eigenvalue weighted by molar-refractivity contribution is 0.317. The second-order valence-corrected chi connectivity index (χ2v) is 5.23. The molecule has 0 bridgehead atoms. The van der Waals surface area contributed by atoms with E-state index in [9.17, 15) is 4.79 Å². The van der Waals surface area contributed by atoms with Crippen LogP contribution in [0.3, 0.4) is 0 Å². The van der Waals surface area contributed by atoms with E-state index < -0.39 is 0 Å². The van der Waals surface area contributed by atoms with E-state index in [0.29, 0.717) is 53.2 Å². The highest BCUT2D eigenvalue weighted by atomic mass is 16.5. The van der Waals surface area contributed by atoms with Crippen LogP contribution in [-0.2, 0) is 0 Å². The minimum Gasteiger partial charge on any atom is -0.493 e. The van der Waals surface area contributed by atoms with E-state index in [1.807, 2.05) is 6.92 Å². The van der Waals surface area contributed by atoms with Gasteiger partial charge in [-0.25, -0.2) is 0 Å². The van der Waals surface area contributed by atoms with Crippen LogP contribution in [0.2, 0.25) is 0 Å². The van der Waals surface area contributed by atoms with E-state index in [-0.39, 0.29) is 5.43 Å². The summed E-state index contributed by atoms with van der Waals surface area (Å²) >= 11 is 0. The normalized spacial score (nSPS) is 11.0. The first kappa shape index (κ1) is 15.4. The maximum absolute atomic E-state index is 12.6. The van der Waals surface area contributed by atoms with Crippen molar-refractivity contribution < 1.29 is 13.9 Å². The van der Waals surface area contributed by atoms with Crippen LogP contribution in [0.4, 0.5) is 0 Å². The van der Waals surface area contributed by atoms with Gasteiger partial charge in [0.15, 0.2) is 0 Å². The van der Waals surface area contributed by atoms with E-state index in [0.717, 1.165) is 6.42 Å². The Morgan fingerprint density at radius 3 is 2.04 bits per heavy atom. The van der Waals surface area contributed by atoms with Gasteiger partial charge in [-0.15, -0.1) is 0 Å². The fourth-order valence-corrected chi connectivity index (χ4v) is 2.39. The molecule has 0 aliphatic carbocycles. The second-order valence-electron chi connectivity index (χ2n) is 5.23. The van der Waals surface area contributed by atoms with Crippen LogP contribution in [0, 0.1) is 0 Å². The summed E-state index contributed by atoms with van der Waals surface area (Å²) in [7, 11) is 0. The highest BCUT2D eigenvalue weighted by Gasteiger charge is 2.10. The fourth-order valence-electron chi connectivity index (χ4n) is 2.39. The number of hydrogen-bond acceptors (Lipinski definition) is 5. The molecule has 0 saturated heterocycles. The molecule has 2 aromatic carbocycles. The molecular formula is C18H19NO4. The molecule has 0 aliphatic heterocycles. The van der Waals surface area contributed by atoms with Crippen molar-refractivity contribution in [3.05, 3.63) is 46.6 Å². The van der Waals surface area contributed by atoms with Gasteiger partial charge in [0.1, 0.15) is 29.3 Å². The maximum Gasteiger partial charge on any atom is 0.200 e. The van der Waals surface area contributed by atoms with Gasteiger partial charge in [0.2, 0.25) is 5.43 Å². The molecular weight excluding hydrogens is 294 g/mol. The first-order valence-electron chi connectivity index (χ1n) is 7.69. The lowest BCUT2D eigenvalue weighted by Gasteiger charge is -2.08. The Labute approximate surface area is 133 Å². The molecule has 1 heterocycles. The lowest BCUT2D eigenvalue weighted by Crippen LogP contribution is -2.10. The van der Waals surface area contributed by atoms with Gasteiger partial charge in [-0.05, 0) is 30.7 Å². The topological polar surface area (TPSA) is 74.7 Å². The standard InChI is InChI=1S/C18H19NO4/c1-2-8-21-12-3-5-14-16(10-12)23-17-11-13(22-9-7-19)4-6-15(17)18(14)20/h3-6,10-11H,2,7-9,19H2,1H3. The molecule has 0 unspecified atom stereocenters. The molecule has 0 spiro atoms. The van der Waals surface area contributed by atoms with Gasteiger partial charge in [0.05, 0.1) is 17.4 Å². The van der Waals surface area contributed by atoms with E-state index in [2.05, 4.69) is 0 Å². The third-order valence-electron chi connectivity index (χ3n) is 3.47. The van der Waals surface area contributed by atoms with Gasteiger partial charge in [0.25, 0.3) is 0 Å². The average molecular weight is 313 g/mol. The van der Waals surface area contributed by atoms with Crippen molar-refractivity contribution in [2.24, 2.45) is 5.73 Å². The average Bonchev–Trinajstić information content (AvgIpc) is 2.57. The van der Waals surface area contributed by atoms with Crippen LogP contribution in [0.5, 0.6) is 11.5 Å². The van der Waals surface area contributed by atoms with Gasteiger partial charge in [-0.2, -0.15) is 0 Å². The predicted octanol–water partition coefficient (Wildman–Crippen LogP) is 3.07. The molecule has 0 saturated carbocycles. The van der Waals surface area contributed by atoms with E-state index in [4.69, 9.17) is 19.6 Å². The van der Waals surface area contributed by atoms with Crippen molar-refractivity contribution in [1.29, 1.82) is 0 Å². The zero-order valence-corrected chi connectivity index (χ0v) is 13.0. The molecule has 5 nitrogen and oxygen atoms in total. The van der Waals surface area contributed by atoms with E-state index in [1.54, 1.807) is 36.4 Å². The van der Waals surface area contributed by atoms with Crippen LogP contribution in [-0.4, -0.2) is 19.8 Å². The maximum atomic E-state index is 12.6. The number of benzene rings is 2. The summed E-state index contributed by atoms with van der Waals surface area (Å²) in [6.45, 7) is 3.51. The van der Waals surface area contributed by atoms with Crippen molar-refractivity contribution in [3.63, 3.8) is 0 Å². The molecule has 1 aromatic heterocycles. The van der Waals surface area contributed by atoms with Crippen molar-refractivity contribution in [2.45, 2.75) is 13.3 Å². The van der Waals surface area contributed by atoms with Crippen LogP contribution >= 0.6 is 0 Å². The van der Waals surface area contributed by atoms with Gasteiger partial charge in [-0.3, -0.25) is 4.79 Å². The minimum absolute atomic E-state index is 0.0614. The number of rotatable bonds is 6. The second kappa shape index (κ2) is 6.71. The summed E-state index contributed by atoms with van der Waals surface area (Å²) in [5.74, 6) is 1.32.